The Morgan fingerprint density at radius 2 is 1.54 bits per heavy atom. The molecule has 7 nitrogen and oxygen atoms in total. The number of hydrogen-bond donors (Lipinski definition) is 2. The predicted molar refractivity (Wildman–Crippen MR) is 134 cm³/mol. The molecule has 0 saturated heterocycles. The molecule has 2 N–H and O–H groups in total. The Morgan fingerprint density at radius 1 is 0.971 bits per heavy atom. The van der Waals surface area contributed by atoms with Gasteiger partial charge >= 0.3 is 12.1 Å². The third-order valence-corrected chi connectivity index (χ3v) is 6.27. The Labute approximate surface area is 208 Å². The van der Waals surface area contributed by atoms with Crippen LogP contribution in [0, 0.1) is 5.92 Å². The average Bonchev–Trinajstić information content (AvgIpc) is 3.18. The summed E-state index contributed by atoms with van der Waals surface area (Å²) in [7, 11) is 0. The number of halogens is 1. The van der Waals surface area contributed by atoms with Gasteiger partial charge in [-0.15, -0.1) is 0 Å². The van der Waals surface area contributed by atoms with Gasteiger partial charge in [-0.25, -0.2) is 4.79 Å². The summed E-state index contributed by atoms with van der Waals surface area (Å²) in [5.41, 5.74) is 4.90. The maximum absolute atomic E-state index is 13.0. The number of nitrogens with zero attached hydrogens (tertiary/aromatic N) is 1. The van der Waals surface area contributed by atoms with E-state index in [1.54, 1.807) is 31.2 Å². The lowest BCUT2D eigenvalue weighted by Crippen LogP contribution is -2.43. The van der Waals surface area contributed by atoms with Crippen molar-refractivity contribution in [3.05, 3.63) is 88.9 Å². The standard InChI is InChI=1S/C27H25ClN2O5/c1-17(26(33)30(15-25(31)32)19-12-10-18(28)11-13-19)14-29-27(34)35-16-24-22-8-4-2-6-20(22)21-7-3-5-9-23(21)24/h2-13,17,24H,14-16H2,1H3,(H,29,34)(H,31,32). The number of rotatable bonds is 8. The Hall–Kier alpha value is -3.84. The first-order chi connectivity index (χ1) is 16.8. The van der Waals surface area contributed by atoms with E-state index in [2.05, 4.69) is 17.4 Å². The van der Waals surface area contributed by atoms with Crippen LogP contribution in [-0.2, 0) is 14.3 Å². The zero-order valence-electron chi connectivity index (χ0n) is 19.1. The van der Waals surface area contributed by atoms with E-state index in [0.29, 0.717) is 10.7 Å². The van der Waals surface area contributed by atoms with Crippen molar-refractivity contribution in [1.29, 1.82) is 0 Å². The van der Waals surface area contributed by atoms with Crippen LogP contribution in [0.3, 0.4) is 0 Å². The van der Waals surface area contributed by atoms with Crippen LogP contribution in [0.1, 0.15) is 24.0 Å². The quantitative estimate of drug-likeness (QED) is 0.464. The summed E-state index contributed by atoms with van der Waals surface area (Å²) in [6, 6.07) is 22.4. The van der Waals surface area contributed by atoms with E-state index in [4.69, 9.17) is 16.3 Å². The van der Waals surface area contributed by atoms with Crippen LogP contribution in [0.5, 0.6) is 0 Å². The largest absolute Gasteiger partial charge is 0.480 e. The zero-order chi connectivity index (χ0) is 24.9. The molecule has 3 aromatic carbocycles. The van der Waals surface area contributed by atoms with Crippen LogP contribution in [0.25, 0.3) is 11.1 Å². The second kappa shape index (κ2) is 10.6. The number of carboxylic acids is 1. The van der Waals surface area contributed by atoms with Gasteiger partial charge in [-0.2, -0.15) is 0 Å². The van der Waals surface area contributed by atoms with Crippen molar-refractivity contribution in [2.45, 2.75) is 12.8 Å². The number of nitrogens with one attached hydrogen (secondary N) is 1. The van der Waals surface area contributed by atoms with Crippen molar-refractivity contribution in [1.82, 2.24) is 5.32 Å². The number of hydrogen-bond acceptors (Lipinski definition) is 4. The fourth-order valence-electron chi connectivity index (χ4n) is 4.29. The third-order valence-electron chi connectivity index (χ3n) is 6.02. The Balaban J connectivity index is 1.35. The molecule has 3 aromatic rings. The summed E-state index contributed by atoms with van der Waals surface area (Å²) in [5.74, 6) is -2.33. The maximum atomic E-state index is 13.0. The van der Waals surface area contributed by atoms with Crippen LogP contribution < -0.4 is 10.2 Å². The van der Waals surface area contributed by atoms with E-state index in [0.717, 1.165) is 27.2 Å². The Bertz CT molecular complexity index is 1200. The van der Waals surface area contributed by atoms with Gasteiger partial charge in [0.05, 0.1) is 5.92 Å². The summed E-state index contributed by atoms with van der Waals surface area (Å²) in [4.78, 5) is 37.9. The number of anilines is 1. The molecular formula is C27H25ClN2O5. The van der Waals surface area contributed by atoms with Gasteiger partial charge in [0.2, 0.25) is 5.91 Å². The fourth-order valence-corrected chi connectivity index (χ4v) is 4.42. The van der Waals surface area contributed by atoms with Gasteiger partial charge in [-0.05, 0) is 46.5 Å². The molecule has 0 radical (unpaired) electrons. The van der Waals surface area contributed by atoms with Crippen molar-refractivity contribution in [3.8, 4) is 11.1 Å². The minimum atomic E-state index is -1.15. The fraction of sp³-hybridized carbons (Fsp3) is 0.222. The van der Waals surface area contributed by atoms with E-state index in [1.165, 1.54) is 0 Å². The van der Waals surface area contributed by atoms with Crippen molar-refractivity contribution in [2.75, 3.05) is 24.6 Å². The van der Waals surface area contributed by atoms with Gasteiger partial charge in [0.15, 0.2) is 0 Å². The van der Waals surface area contributed by atoms with Gasteiger partial charge in [0.1, 0.15) is 13.2 Å². The van der Waals surface area contributed by atoms with Crippen molar-refractivity contribution in [2.24, 2.45) is 5.92 Å². The van der Waals surface area contributed by atoms with Crippen LogP contribution in [0.4, 0.5) is 10.5 Å². The number of carbonyl (C=O) groups is 3. The zero-order valence-corrected chi connectivity index (χ0v) is 19.9. The maximum Gasteiger partial charge on any atom is 0.407 e. The highest BCUT2D eigenvalue weighted by Gasteiger charge is 2.29. The molecule has 35 heavy (non-hydrogen) atoms. The number of alkyl carbamates (subject to hydrolysis) is 1. The molecule has 180 valence electrons. The normalized spacial score (nSPS) is 12.9. The molecule has 2 amide bonds. The van der Waals surface area contributed by atoms with Gasteiger partial charge in [-0.3, -0.25) is 9.59 Å². The lowest BCUT2D eigenvalue weighted by molar-refractivity contribution is -0.137. The van der Waals surface area contributed by atoms with Crippen molar-refractivity contribution < 1.29 is 24.2 Å². The van der Waals surface area contributed by atoms with Crippen molar-refractivity contribution in [3.63, 3.8) is 0 Å². The van der Waals surface area contributed by atoms with E-state index >= 15 is 0 Å². The highest BCUT2D eigenvalue weighted by molar-refractivity contribution is 6.30. The lowest BCUT2D eigenvalue weighted by atomic mass is 9.98. The average molecular weight is 493 g/mol. The summed E-state index contributed by atoms with van der Waals surface area (Å²) in [5, 5.41) is 12.4. The van der Waals surface area contributed by atoms with Crippen LogP contribution in [0.15, 0.2) is 72.8 Å². The number of amides is 2. The third kappa shape index (κ3) is 5.46. The van der Waals surface area contributed by atoms with Gasteiger partial charge < -0.3 is 20.1 Å². The molecule has 1 aliphatic carbocycles. The Kier molecular flexibility index (Phi) is 7.36. The number of carbonyl (C=O) groups excluding carboxylic acids is 2. The summed E-state index contributed by atoms with van der Waals surface area (Å²) in [6.45, 7) is 1.28. The molecule has 1 atom stereocenters. The molecule has 4 rings (SSSR count). The van der Waals surface area contributed by atoms with E-state index in [9.17, 15) is 19.5 Å². The summed E-state index contributed by atoms with van der Waals surface area (Å²) in [6.07, 6.45) is -0.636. The van der Waals surface area contributed by atoms with E-state index < -0.39 is 30.4 Å². The van der Waals surface area contributed by atoms with Crippen LogP contribution >= 0.6 is 11.6 Å². The first-order valence-corrected chi connectivity index (χ1v) is 11.6. The number of ether oxygens (including phenoxy) is 1. The van der Waals surface area contributed by atoms with Gasteiger partial charge in [-0.1, -0.05) is 67.1 Å². The molecule has 0 heterocycles. The molecule has 1 aliphatic rings. The minimum absolute atomic E-state index is 0.000778. The highest BCUT2D eigenvalue weighted by atomic mass is 35.5. The van der Waals surface area contributed by atoms with E-state index in [-0.39, 0.29) is 19.1 Å². The van der Waals surface area contributed by atoms with Gasteiger partial charge in [0, 0.05) is 23.2 Å². The van der Waals surface area contributed by atoms with Crippen molar-refractivity contribution >= 4 is 35.3 Å². The summed E-state index contributed by atoms with van der Waals surface area (Å²) < 4.78 is 5.51. The number of benzene rings is 3. The minimum Gasteiger partial charge on any atom is -0.480 e. The first-order valence-electron chi connectivity index (χ1n) is 11.2. The smallest absolute Gasteiger partial charge is 0.407 e. The molecule has 1 unspecified atom stereocenters. The second-order valence-corrected chi connectivity index (χ2v) is 8.84. The molecule has 0 bridgehead atoms. The number of carboxylic acid groups (broad SMARTS) is 1. The van der Waals surface area contributed by atoms with Gasteiger partial charge in [0.25, 0.3) is 0 Å². The van der Waals surface area contributed by atoms with Crippen LogP contribution in [-0.4, -0.2) is 42.8 Å². The van der Waals surface area contributed by atoms with E-state index in [1.807, 2.05) is 36.4 Å². The second-order valence-electron chi connectivity index (χ2n) is 8.40. The SMILES string of the molecule is CC(CNC(=O)OCC1c2ccccc2-c2ccccc21)C(=O)N(CC(=O)O)c1ccc(Cl)cc1. The monoisotopic (exact) mass is 492 g/mol. The first kappa shape index (κ1) is 24.3. The molecule has 0 spiro atoms. The topological polar surface area (TPSA) is 95.9 Å². The Morgan fingerprint density at radius 3 is 2.11 bits per heavy atom. The molecular weight excluding hydrogens is 468 g/mol. The predicted octanol–water partition coefficient (Wildman–Crippen LogP) is 4.93. The number of aliphatic carboxylic acids is 1. The molecule has 8 heteroatoms. The molecule has 0 saturated carbocycles. The molecule has 0 aliphatic heterocycles. The summed E-state index contributed by atoms with van der Waals surface area (Å²) >= 11 is 5.90. The van der Waals surface area contributed by atoms with Crippen LogP contribution in [0.2, 0.25) is 5.02 Å². The molecule has 0 aromatic heterocycles. The lowest BCUT2D eigenvalue weighted by Gasteiger charge is -2.24. The highest BCUT2D eigenvalue weighted by Crippen LogP contribution is 2.44. The molecule has 0 fully saturated rings. The number of fused-ring (bicyclic) bond motifs is 3.